The zero-order chi connectivity index (χ0) is 12.0. The van der Waals surface area contributed by atoms with Crippen molar-refractivity contribution in [3.8, 4) is 0 Å². The Morgan fingerprint density at radius 3 is 2.88 bits per heavy atom. The van der Waals surface area contributed by atoms with E-state index < -0.39 is 10.8 Å². The molecule has 0 aliphatic carbocycles. The number of anilines is 1. The second-order valence-electron chi connectivity index (χ2n) is 3.29. The van der Waals surface area contributed by atoms with E-state index in [0.717, 1.165) is 15.8 Å². The molecule has 0 aromatic heterocycles. The molecule has 0 bridgehead atoms. The van der Waals surface area contributed by atoms with Gasteiger partial charge in [-0.2, -0.15) is 0 Å². The first-order valence-electron chi connectivity index (χ1n) is 5.16. The second kappa shape index (κ2) is 7.04. The lowest BCUT2D eigenvalue weighted by Crippen LogP contribution is -2.03. The average Bonchev–Trinajstić information content (AvgIpc) is 2.24. The number of nitrogen functional groups attached to an aromatic ring is 1. The van der Waals surface area contributed by atoms with Gasteiger partial charge in [0.2, 0.25) is 0 Å². The fourth-order valence-corrected chi connectivity index (χ4v) is 3.28. The second-order valence-corrected chi connectivity index (χ2v) is 5.68. The molecule has 0 heterocycles. The Morgan fingerprint density at radius 1 is 1.50 bits per heavy atom. The molecule has 16 heavy (non-hydrogen) atoms. The molecule has 0 aliphatic rings. The molecule has 0 radical (unpaired) electrons. The van der Waals surface area contributed by atoms with Gasteiger partial charge in [0.05, 0.1) is 15.7 Å². The summed E-state index contributed by atoms with van der Waals surface area (Å²) in [7, 11) is -0.989. The van der Waals surface area contributed by atoms with E-state index in [0.29, 0.717) is 24.7 Å². The van der Waals surface area contributed by atoms with Crippen LogP contribution in [0.25, 0.3) is 0 Å². The highest BCUT2D eigenvalue weighted by molar-refractivity contribution is 9.10. The van der Waals surface area contributed by atoms with Crippen molar-refractivity contribution >= 4 is 32.4 Å². The highest BCUT2D eigenvalue weighted by Crippen LogP contribution is 2.23. The predicted octanol–water partition coefficient (Wildman–Crippen LogP) is 2.57. The van der Waals surface area contributed by atoms with Gasteiger partial charge in [-0.1, -0.05) is 0 Å². The van der Waals surface area contributed by atoms with Crippen LogP contribution in [-0.2, 0) is 15.5 Å². The zero-order valence-electron chi connectivity index (χ0n) is 9.24. The van der Waals surface area contributed by atoms with Gasteiger partial charge in [0.25, 0.3) is 0 Å². The molecule has 0 saturated heterocycles. The lowest BCUT2D eigenvalue weighted by Gasteiger charge is -2.05. The van der Waals surface area contributed by atoms with Crippen molar-refractivity contribution in [3.05, 3.63) is 22.7 Å². The van der Waals surface area contributed by atoms with Crippen LogP contribution in [0.1, 0.15) is 13.3 Å². The number of hydrogen-bond donors (Lipinski definition) is 1. The van der Waals surface area contributed by atoms with E-state index >= 15 is 0 Å². The van der Waals surface area contributed by atoms with Crippen molar-refractivity contribution in [2.75, 3.05) is 24.7 Å². The quantitative estimate of drug-likeness (QED) is 0.649. The van der Waals surface area contributed by atoms with Gasteiger partial charge in [0.1, 0.15) is 0 Å². The summed E-state index contributed by atoms with van der Waals surface area (Å²) in [5.41, 5.74) is 6.29. The predicted molar refractivity (Wildman–Crippen MR) is 70.9 cm³/mol. The zero-order valence-corrected chi connectivity index (χ0v) is 11.6. The number of nitrogens with two attached hydrogens (primary N) is 1. The van der Waals surface area contributed by atoms with Gasteiger partial charge >= 0.3 is 0 Å². The molecule has 0 saturated carbocycles. The largest absolute Gasteiger partial charge is 0.399 e. The molecule has 1 rings (SSSR count). The van der Waals surface area contributed by atoms with Gasteiger partial charge in [-0.05, 0) is 47.5 Å². The summed E-state index contributed by atoms with van der Waals surface area (Å²) < 4.78 is 17.9. The van der Waals surface area contributed by atoms with Crippen LogP contribution in [0.4, 0.5) is 5.69 Å². The first-order chi connectivity index (χ1) is 7.65. The number of rotatable bonds is 6. The smallest absolute Gasteiger partial charge is 0.0541 e. The topological polar surface area (TPSA) is 52.3 Å². The Hall–Kier alpha value is -0.390. The van der Waals surface area contributed by atoms with Crippen molar-refractivity contribution in [3.63, 3.8) is 0 Å². The third-order valence-electron chi connectivity index (χ3n) is 2.02. The standard InChI is InChI=1S/C11H16BrNO2S/c1-2-15-6-3-7-16(14)11-5-4-9(13)8-10(11)12/h4-5,8H,2-3,6-7,13H2,1H3. The van der Waals surface area contributed by atoms with Crippen molar-refractivity contribution < 1.29 is 8.95 Å². The Bertz CT molecular complexity index is 371. The monoisotopic (exact) mass is 305 g/mol. The number of ether oxygens (including phenoxy) is 1. The molecule has 2 N–H and O–H groups in total. The molecular formula is C11H16BrNO2S. The van der Waals surface area contributed by atoms with Crippen LogP contribution in [0.5, 0.6) is 0 Å². The van der Waals surface area contributed by atoms with Crippen LogP contribution >= 0.6 is 15.9 Å². The third kappa shape index (κ3) is 4.23. The minimum absolute atomic E-state index is 0.614. The fraction of sp³-hybridized carbons (Fsp3) is 0.455. The van der Waals surface area contributed by atoms with E-state index in [1.807, 2.05) is 6.92 Å². The molecule has 0 amide bonds. The lowest BCUT2D eigenvalue weighted by molar-refractivity contribution is 0.149. The molecule has 1 atom stereocenters. The summed E-state index contributed by atoms with van der Waals surface area (Å²) in [6, 6.07) is 5.34. The summed E-state index contributed by atoms with van der Waals surface area (Å²) in [6.45, 7) is 3.32. The van der Waals surface area contributed by atoms with E-state index in [9.17, 15) is 4.21 Å². The summed E-state index contributed by atoms with van der Waals surface area (Å²) in [6.07, 6.45) is 0.803. The molecule has 3 nitrogen and oxygen atoms in total. The third-order valence-corrected chi connectivity index (χ3v) is 4.45. The molecule has 0 spiro atoms. The Balaban J connectivity index is 2.53. The van der Waals surface area contributed by atoms with E-state index in [4.69, 9.17) is 10.5 Å². The van der Waals surface area contributed by atoms with Crippen LogP contribution in [0.3, 0.4) is 0 Å². The molecule has 1 aromatic carbocycles. The Kier molecular flexibility index (Phi) is 6.01. The SMILES string of the molecule is CCOCCCS(=O)c1ccc(N)cc1Br. The van der Waals surface area contributed by atoms with Gasteiger partial charge in [0.15, 0.2) is 0 Å². The van der Waals surface area contributed by atoms with E-state index in [1.54, 1.807) is 18.2 Å². The van der Waals surface area contributed by atoms with Crippen molar-refractivity contribution in [1.82, 2.24) is 0 Å². The lowest BCUT2D eigenvalue weighted by atomic mass is 10.3. The Morgan fingerprint density at radius 2 is 2.25 bits per heavy atom. The van der Waals surface area contributed by atoms with Crippen LogP contribution in [0.2, 0.25) is 0 Å². The van der Waals surface area contributed by atoms with Crippen molar-refractivity contribution in [2.45, 2.75) is 18.2 Å². The highest BCUT2D eigenvalue weighted by Gasteiger charge is 2.08. The van der Waals surface area contributed by atoms with Crippen LogP contribution in [-0.4, -0.2) is 23.2 Å². The summed E-state index contributed by atoms with van der Waals surface area (Å²) in [5, 5.41) is 0. The first-order valence-corrected chi connectivity index (χ1v) is 7.27. The molecule has 0 fully saturated rings. The number of halogens is 1. The van der Waals surface area contributed by atoms with E-state index in [-0.39, 0.29) is 0 Å². The average molecular weight is 306 g/mol. The van der Waals surface area contributed by atoms with Gasteiger partial charge < -0.3 is 10.5 Å². The maximum Gasteiger partial charge on any atom is 0.0541 e. The van der Waals surface area contributed by atoms with Crippen molar-refractivity contribution in [2.24, 2.45) is 0 Å². The van der Waals surface area contributed by atoms with Gasteiger partial charge in [0, 0.05) is 29.1 Å². The molecule has 90 valence electrons. The van der Waals surface area contributed by atoms with Crippen molar-refractivity contribution in [1.29, 1.82) is 0 Å². The van der Waals surface area contributed by atoms with Gasteiger partial charge in [-0.3, -0.25) is 4.21 Å². The number of hydrogen-bond acceptors (Lipinski definition) is 3. The van der Waals surface area contributed by atoms with E-state index in [2.05, 4.69) is 15.9 Å². The summed E-state index contributed by atoms with van der Waals surface area (Å²) in [5.74, 6) is 0.614. The first kappa shape index (κ1) is 13.7. The summed E-state index contributed by atoms with van der Waals surface area (Å²) >= 11 is 3.37. The van der Waals surface area contributed by atoms with Crippen LogP contribution in [0.15, 0.2) is 27.6 Å². The maximum atomic E-state index is 11.9. The van der Waals surface area contributed by atoms with E-state index in [1.165, 1.54) is 0 Å². The fourth-order valence-electron chi connectivity index (χ4n) is 1.25. The minimum Gasteiger partial charge on any atom is -0.399 e. The molecule has 0 aliphatic heterocycles. The molecule has 1 unspecified atom stereocenters. The molecule has 5 heteroatoms. The molecule has 1 aromatic rings. The Labute approximate surface area is 107 Å². The normalized spacial score (nSPS) is 12.6. The summed E-state index contributed by atoms with van der Waals surface area (Å²) in [4.78, 5) is 0.797. The van der Waals surface area contributed by atoms with Crippen LogP contribution in [0, 0.1) is 0 Å². The van der Waals surface area contributed by atoms with Gasteiger partial charge in [-0.15, -0.1) is 0 Å². The van der Waals surface area contributed by atoms with Gasteiger partial charge in [-0.25, -0.2) is 0 Å². The number of benzene rings is 1. The minimum atomic E-state index is -0.989. The molecular weight excluding hydrogens is 290 g/mol. The maximum absolute atomic E-state index is 11.9. The highest BCUT2D eigenvalue weighted by atomic mass is 79.9. The van der Waals surface area contributed by atoms with Crippen LogP contribution < -0.4 is 5.73 Å².